The van der Waals surface area contributed by atoms with Gasteiger partial charge in [0.1, 0.15) is 5.75 Å². The molecule has 0 radical (unpaired) electrons. The summed E-state index contributed by atoms with van der Waals surface area (Å²) in [6.07, 6.45) is 0. The number of ether oxygens (including phenoxy) is 1. The molecule has 1 fully saturated rings. The van der Waals surface area contributed by atoms with E-state index in [1.165, 1.54) is 17.2 Å². The van der Waals surface area contributed by atoms with Crippen LogP contribution in [0.15, 0.2) is 24.3 Å². The molecular weight excluding hydrogens is 194 g/mol. The van der Waals surface area contributed by atoms with E-state index in [0.29, 0.717) is 0 Å². The summed E-state index contributed by atoms with van der Waals surface area (Å²) >= 11 is 2.02. The second kappa shape index (κ2) is 4.60. The fraction of sp³-hybridized carbons (Fsp3) is 0.455. The van der Waals surface area contributed by atoms with Crippen molar-refractivity contribution in [2.75, 3.05) is 36.6 Å². The molecule has 3 heteroatoms. The summed E-state index contributed by atoms with van der Waals surface area (Å²) in [5.74, 6) is 3.43. The molecule has 1 aliphatic rings. The molecule has 0 atom stereocenters. The van der Waals surface area contributed by atoms with Crippen LogP contribution in [0.4, 0.5) is 5.69 Å². The van der Waals surface area contributed by atoms with Gasteiger partial charge in [-0.15, -0.1) is 0 Å². The van der Waals surface area contributed by atoms with E-state index in [1.807, 2.05) is 23.9 Å². The molecule has 2 nitrogen and oxygen atoms in total. The minimum Gasteiger partial charge on any atom is -0.495 e. The van der Waals surface area contributed by atoms with E-state index >= 15 is 0 Å². The average molecular weight is 209 g/mol. The van der Waals surface area contributed by atoms with Gasteiger partial charge in [0, 0.05) is 24.6 Å². The lowest BCUT2D eigenvalue weighted by Gasteiger charge is -2.29. The summed E-state index contributed by atoms with van der Waals surface area (Å²) in [5, 5.41) is 0. The van der Waals surface area contributed by atoms with Crippen LogP contribution in [-0.2, 0) is 0 Å². The van der Waals surface area contributed by atoms with Crippen LogP contribution in [-0.4, -0.2) is 31.7 Å². The number of anilines is 1. The number of hydrogen-bond donors (Lipinski definition) is 0. The van der Waals surface area contributed by atoms with Gasteiger partial charge in [-0.1, -0.05) is 12.1 Å². The Kier molecular flexibility index (Phi) is 3.19. The number of hydrogen-bond acceptors (Lipinski definition) is 3. The van der Waals surface area contributed by atoms with Crippen LogP contribution in [0.1, 0.15) is 0 Å². The molecule has 0 spiro atoms. The third kappa shape index (κ3) is 1.98. The summed E-state index contributed by atoms with van der Waals surface area (Å²) in [5.41, 5.74) is 1.23. The van der Waals surface area contributed by atoms with Gasteiger partial charge in [-0.05, 0) is 12.1 Å². The molecule has 0 unspecified atom stereocenters. The minimum atomic E-state index is 0.986. The van der Waals surface area contributed by atoms with Crippen molar-refractivity contribution >= 4 is 17.4 Å². The first-order valence-corrected chi connectivity index (χ1v) is 6.03. The molecule has 1 aromatic carbocycles. The van der Waals surface area contributed by atoms with Crippen molar-refractivity contribution in [1.29, 1.82) is 0 Å². The first-order chi connectivity index (χ1) is 6.92. The van der Waals surface area contributed by atoms with Crippen molar-refractivity contribution in [2.24, 2.45) is 0 Å². The Morgan fingerprint density at radius 1 is 1.21 bits per heavy atom. The predicted octanol–water partition coefficient (Wildman–Crippen LogP) is 2.25. The van der Waals surface area contributed by atoms with Gasteiger partial charge >= 0.3 is 0 Å². The van der Waals surface area contributed by atoms with Crippen molar-refractivity contribution < 1.29 is 4.74 Å². The molecule has 0 aliphatic carbocycles. The second-order valence-electron chi connectivity index (χ2n) is 3.27. The molecule has 1 heterocycles. The molecule has 1 saturated heterocycles. The Bertz CT molecular complexity index is 297. The Labute approximate surface area is 89.2 Å². The summed E-state index contributed by atoms with van der Waals surface area (Å²) in [6, 6.07) is 8.24. The van der Waals surface area contributed by atoms with Gasteiger partial charge in [0.25, 0.3) is 0 Å². The maximum atomic E-state index is 5.35. The van der Waals surface area contributed by atoms with E-state index in [4.69, 9.17) is 4.74 Å². The summed E-state index contributed by atoms with van der Waals surface area (Å²) in [6.45, 7) is 2.26. The van der Waals surface area contributed by atoms with E-state index in [9.17, 15) is 0 Å². The molecule has 14 heavy (non-hydrogen) atoms. The molecule has 0 N–H and O–H groups in total. The third-order valence-corrected chi connectivity index (χ3v) is 3.38. The summed E-state index contributed by atoms with van der Waals surface area (Å²) in [4.78, 5) is 2.40. The Balaban J connectivity index is 2.20. The largest absolute Gasteiger partial charge is 0.495 e. The smallest absolute Gasteiger partial charge is 0.142 e. The number of nitrogens with zero attached hydrogens (tertiary/aromatic N) is 1. The maximum absolute atomic E-state index is 5.35. The fourth-order valence-electron chi connectivity index (χ4n) is 1.70. The zero-order valence-corrected chi connectivity index (χ0v) is 9.22. The molecule has 0 amide bonds. The van der Waals surface area contributed by atoms with Crippen LogP contribution in [0, 0.1) is 0 Å². The Hall–Kier alpha value is -0.830. The number of rotatable bonds is 2. The highest BCUT2D eigenvalue weighted by molar-refractivity contribution is 7.99. The highest BCUT2D eigenvalue weighted by atomic mass is 32.2. The fourth-order valence-corrected chi connectivity index (χ4v) is 2.60. The molecule has 0 saturated carbocycles. The van der Waals surface area contributed by atoms with E-state index in [1.54, 1.807) is 7.11 Å². The average Bonchev–Trinajstić information content (AvgIpc) is 2.30. The van der Waals surface area contributed by atoms with Crippen LogP contribution < -0.4 is 9.64 Å². The lowest BCUT2D eigenvalue weighted by molar-refractivity contribution is 0.414. The van der Waals surface area contributed by atoms with Crippen LogP contribution >= 0.6 is 11.8 Å². The number of para-hydroxylation sites is 2. The number of methoxy groups -OCH3 is 1. The Morgan fingerprint density at radius 2 is 1.93 bits per heavy atom. The maximum Gasteiger partial charge on any atom is 0.142 e. The third-order valence-electron chi connectivity index (χ3n) is 2.44. The predicted molar refractivity (Wildman–Crippen MR) is 62.5 cm³/mol. The van der Waals surface area contributed by atoms with Crippen molar-refractivity contribution in [2.45, 2.75) is 0 Å². The van der Waals surface area contributed by atoms with E-state index in [2.05, 4.69) is 17.0 Å². The lowest BCUT2D eigenvalue weighted by Crippen LogP contribution is -2.32. The number of benzene rings is 1. The molecule has 76 valence electrons. The number of thioether (sulfide) groups is 1. The van der Waals surface area contributed by atoms with Gasteiger partial charge in [0.2, 0.25) is 0 Å². The quantitative estimate of drug-likeness (QED) is 0.741. The zero-order chi connectivity index (χ0) is 9.80. The SMILES string of the molecule is COc1ccccc1N1CCSCC1. The van der Waals surface area contributed by atoms with Crippen molar-refractivity contribution in [3.63, 3.8) is 0 Å². The standard InChI is InChI=1S/C11H15NOS/c1-13-11-5-3-2-4-10(11)12-6-8-14-9-7-12/h2-5H,6-9H2,1H3. The van der Waals surface area contributed by atoms with E-state index in [0.717, 1.165) is 18.8 Å². The minimum absolute atomic E-state index is 0.986. The highest BCUT2D eigenvalue weighted by Gasteiger charge is 2.14. The normalized spacial score (nSPS) is 16.8. The first kappa shape index (κ1) is 9.71. The molecule has 1 aliphatic heterocycles. The topological polar surface area (TPSA) is 12.5 Å². The second-order valence-corrected chi connectivity index (χ2v) is 4.50. The molecule has 1 aromatic rings. The molecule has 2 rings (SSSR count). The van der Waals surface area contributed by atoms with E-state index < -0.39 is 0 Å². The van der Waals surface area contributed by atoms with Crippen LogP contribution in [0.25, 0.3) is 0 Å². The molecule has 0 aromatic heterocycles. The van der Waals surface area contributed by atoms with Gasteiger partial charge in [-0.25, -0.2) is 0 Å². The van der Waals surface area contributed by atoms with Crippen molar-refractivity contribution in [3.05, 3.63) is 24.3 Å². The van der Waals surface area contributed by atoms with Crippen molar-refractivity contribution in [3.8, 4) is 5.75 Å². The van der Waals surface area contributed by atoms with Crippen LogP contribution in [0.5, 0.6) is 5.75 Å². The lowest BCUT2D eigenvalue weighted by atomic mass is 10.2. The molecular formula is C11H15NOS. The molecule has 0 bridgehead atoms. The van der Waals surface area contributed by atoms with Gasteiger partial charge < -0.3 is 9.64 Å². The summed E-state index contributed by atoms with van der Waals surface area (Å²) in [7, 11) is 1.73. The van der Waals surface area contributed by atoms with Crippen LogP contribution in [0.2, 0.25) is 0 Å². The zero-order valence-electron chi connectivity index (χ0n) is 8.40. The monoisotopic (exact) mass is 209 g/mol. The van der Waals surface area contributed by atoms with Crippen molar-refractivity contribution in [1.82, 2.24) is 0 Å². The Morgan fingerprint density at radius 3 is 2.64 bits per heavy atom. The van der Waals surface area contributed by atoms with E-state index in [-0.39, 0.29) is 0 Å². The van der Waals surface area contributed by atoms with Gasteiger partial charge in [0.05, 0.1) is 12.8 Å². The highest BCUT2D eigenvalue weighted by Crippen LogP contribution is 2.29. The first-order valence-electron chi connectivity index (χ1n) is 4.87. The van der Waals surface area contributed by atoms with Gasteiger partial charge in [0.15, 0.2) is 0 Å². The van der Waals surface area contributed by atoms with Crippen LogP contribution in [0.3, 0.4) is 0 Å². The van der Waals surface area contributed by atoms with Gasteiger partial charge in [-0.3, -0.25) is 0 Å². The van der Waals surface area contributed by atoms with Gasteiger partial charge in [-0.2, -0.15) is 11.8 Å². The summed E-state index contributed by atoms with van der Waals surface area (Å²) < 4.78 is 5.35.